The van der Waals surface area contributed by atoms with Crippen molar-refractivity contribution in [2.24, 2.45) is 0 Å². The van der Waals surface area contributed by atoms with Gasteiger partial charge in [-0.25, -0.2) is 0 Å². The van der Waals surface area contributed by atoms with E-state index >= 15 is 0 Å². The van der Waals surface area contributed by atoms with Crippen LogP contribution in [0.3, 0.4) is 0 Å². The molecule has 0 spiro atoms. The Kier molecular flexibility index (Phi) is 4.07. The second-order valence-corrected chi connectivity index (χ2v) is 4.28. The first-order valence-electron chi connectivity index (χ1n) is 5.51. The lowest BCUT2D eigenvalue weighted by molar-refractivity contribution is 0.106. The van der Waals surface area contributed by atoms with Gasteiger partial charge in [0.05, 0.1) is 0 Å². The number of hydrogen-bond acceptors (Lipinski definition) is 3. The maximum Gasteiger partial charge on any atom is 0.121 e. The van der Waals surface area contributed by atoms with E-state index in [1.54, 1.807) is 42.5 Å². The molecular formula is C14H13ClO3. The lowest BCUT2D eigenvalue weighted by Crippen LogP contribution is -2.09. The normalized spacial score (nSPS) is 12.1. The maximum atomic E-state index is 9.91. The smallest absolute Gasteiger partial charge is 0.121 e. The lowest BCUT2D eigenvalue weighted by Gasteiger charge is -2.13. The summed E-state index contributed by atoms with van der Waals surface area (Å²) in [6, 6.07) is 13.5. The molecule has 2 aromatic carbocycles. The first-order valence-corrected chi connectivity index (χ1v) is 5.89. The van der Waals surface area contributed by atoms with Crippen molar-refractivity contribution >= 4 is 11.6 Å². The Morgan fingerprint density at radius 2 is 1.72 bits per heavy atom. The number of benzene rings is 2. The molecule has 0 radical (unpaired) electrons. The quantitative estimate of drug-likeness (QED) is 0.892. The molecule has 0 amide bonds. The van der Waals surface area contributed by atoms with Crippen LogP contribution in [0.5, 0.6) is 11.5 Å². The van der Waals surface area contributed by atoms with Crippen LogP contribution in [0.15, 0.2) is 48.5 Å². The molecule has 0 heterocycles. The van der Waals surface area contributed by atoms with E-state index in [1.165, 1.54) is 6.07 Å². The second-order valence-electron chi connectivity index (χ2n) is 3.84. The molecule has 0 fully saturated rings. The summed E-state index contributed by atoms with van der Waals surface area (Å²) >= 11 is 5.75. The molecule has 0 aliphatic rings. The highest BCUT2D eigenvalue weighted by molar-refractivity contribution is 6.30. The van der Waals surface area contributed by atoms with E-state index in [-0.39, 0.29) is 12.4 Å². The number of rotatable bonds is 4. The summed E-state index contributed by atoms with van der Waals surface area (Å²) in [4.78, 5) is 0. The summed E-state index contributed by atoms with van der Waals surface area (Å²) in [6.07, 6.45) is -0.873. The van der Waals surface area contributed by atoms with Crippen LogP contribution >= 0.6 is 11.6 Å². The molecule has 0 bridgehead atoms. The molecule has 2 N–H and O–H groups in total. The average molecular weight is 265 g/mol. The van der Waals surface area contributed by atoms with Gasteiger partial charge in [0.2, 0.25) is 0 Å². The van der Waals surface area contributed by atoms with Gasteiger partial charge in [0.15, 0.2) is 0 Å². The largest absolute Gasteiger partial charge is 0.508 e. The average Bonchev–Trinajstić information content (AvgIpc) is 2.38. The Balaban J connectivity index is 1.98. The molecule has 18 heavy (non-hydrogen) atoms. The van der Waals surface area contributed by atoms with E-state index in [4.69, 9.17) is 16.3 Å². The Bertz CT molecular complexity index is 511. The SMILES string of the molecule is Oc1ccccc1C(O)COc1ccc(Cl)cc1. The Morgan fingerprint density at radius 1 is 1.06 bits per heavy atom. The minimum atomic E-state index is -0.873. The third-order valence-corrected chi connectivity index (χ3v) is 2.77. The first-order chi connectivity index (χ1) is 8.66. The molecule has 0 aromatic heterocycles. The van der Waals surface area contributed by atoms with Crippen LogP contribution in [0.25, 0.3) is 0 Å². The van der Waals surface area contributed by atoms with Gasteiger partial charge in [0, 0.05) is 10.6 Å². The number of ether oxygens (including phenoxy) is 1. The van der Waals surface area contributed by atoms with E-state index in [1.807, 2.05) is 0 Å². The number of aliphatic hydroxyl groups excluding tert-OH is 1. The van der Waals surface area contributed by atoms with Crippen LogP contribution < -0.4 is 4.74 Å². The molecule has 2 aromatic rings. The fraction of sp³-hybridized carbons (Fsp3) is 0.143. The Hall–Kier alpha value is -1.71. The van der Waals surface area contributed by atoms with Gasteiger partial charge >= 0.3 is 0 Å². The van der Waals surface area contributed by atoms with E-state index in [0.717, 1.165) is 0 Å². The molecule has 0 saturated carbocycles. The van der Waals surface area contributed by atoms with Crippen molar-refractivity contribution in [3.05, 3.63) is 59.1 Å². The first kappa shape index (κ1) is 12.7. The Morgan fingerprint density at radius 3 is 2.39 bits per heavy atom. The van der Waals surface area contributed by atoms with Crippen LogP contribution in [0.1, 0.15) is 11.7 Å². The van der Waals surface area contributed by atoms with Gasteiger partial charge in [-0.3, -0.25) is 0 Å². The minimum absolute atomic E-state index is 0.0599. The van der Waals surface area contributed by atoms with Gasteiger partial charge in [-0.2, -0.15) is 0 Å². The number of phenols is 1. The monoisotopic (exact) mass is 264 g/mol. The zero-order chi connectivity index (χ0) is 13.0. The topological polar surface area (TPSA) is 49.7 Å². The molecule has 0 aliphatic heterocycles. The molecular weight excluding hydrogens is 252 g/mol. The van der Waals surface area contributed by atoms with E-state index in [0.29, 0.717) is 16.3 Å². The molecule has 3 nitrogen and oxygen atoms in total. The molecule has 2 rings (SSSR count). The second kappa shape index (κ2) is 5.76. The summed E-state index contributed by atoms with van der Waals surface area (Å²) in [5.41, 5.74) is 0.450. The highest BCUT2D eigenvalue weighted by Gasteiger charge is 2.12. The zero-order valence-electron chi connectivity index (χ0n) is 9.58. The fourth-order valence-electron chi connectivity index (χ4n) is 1.57. The van der Waals surface area contributed by atoms with E-state index in [2.05, 4.69) is 0 Å². The predicted octanol–water partition coefficient (Wildman–Crippen LogP) is 3.16. The lowest BCUT2D eigenvalue weighted by atomic mass is 10.1. The number of phenolic OH excluding ortho intramolecular Hbond substituents is 1. The molecule has 94 valence electrons. The van der Waals surface area contributed by atoms with E-state index < -0.39 is 6.10 Å². The third kappa shape index (κ3) is 3.15. The van der Waals surface area contributed by atoms with Crippen molar-refractivity contribution in [2.45, 2.75) is 6.10 Å². The number of halogens is 1. The van der Waals surface area contributed by atoms with Gasteiger partial charge in [-0.15, -0.1) is 0 Å². The molecule has 1 unspecified atom stereocenters. The predicted molar refractivity (Wildman–Crippen MR) is 70.0 cm³/mol. The third-order valence-electron chi connectivity index (χ3n) is 2.52. The molecule has 0 aliphatic carbocycles. The number of aromatic hydroxyl groups is 1. The molecule has 4 heteroatoms. The van der Waals surface area contributed by atoms with Crippen molar-refractivity contribution in [3.63, 3.8) is 0 Å². The number of para-hydroxylation sites is 1. The Labute approximate surface area is 110 Å². The summed E-state index contributed by atoms with van der Waals surface area (Å²) < 4.78 is 5.41. The van der Waals surface area contributed by atoms with Gasteiger partial charge in [-0.05, 0) is 30.3 Å². The van der Waals surface area contributed by atoms with Crippen molar-refractivity contribution in [2.75, 3.05) is 6.61 Å². The van der Waals surface area contributed by atoms with Crippen LogP contribution in [-0.2, 0) is 0 Å². The van der Waals surface area contributed by atoms with Crippen LogP contribution in [0.4, 0.5) is 0 Å². The highest BCUT2D eigenvalue weighted by Crippen LogP contribution is 2.24. The van der Waals surface area contributed by atoms with Gasteiger partial charge in [0.25, 0.3) is 0 Å². The number of aliphatic hydroxyl groups is 1. The number of hydrogen-bond donors (Lipinski definition) is 2. The fourth-order valence-corrected chi connectivity index (χ4v) is 1.69. The molecule has 1 atom stereocenters. The summed E-state index contributed by atoms with van der Waals surface area (Å²) in [5, 5.41) is 20.1. The summed E-state index contributed by atoms with van der Waals surface area (Å²) in [6.45, 7) is 0.0687. The van der Waals surface area contributed by atoms with Crippen molar-refractivity contribution < 1.29 is 14.9 Å². The molecule has 0 saturated heterocycles. The van der Waals surface area contributed by atoms with Crippen LogP contribution in [0, 0.1) is 0 Å². The van der Waals surface area contributed by atoms with Gasteiger partial charge < -0.3 is 14.9 Å². The maximum absolute atomic E-state index is 9.91. The van der Waals surface area contributed by atoms with Gasteiger partial charge in [0.1, 0.15) is 24.2 Å². The highest BCUT2D eigenvalue weighted by atomic mass is 35.5. The van der Waals surface area contributed by atoms with E-state index in [9.17, 15) is 10.2 Å². The summed E-state index contributed by atoms with van der Waals surface area (Å²) in [5.74, 6) is 0.679. The summed E-state index contributed by atoms with van der Waals surface area (Å²) in [7, 11) is 0. The van der Waals surface area contributed by atoms with Crippen molar-refractivity contribution in [3.8, 4) is 11.5 Å². The standard InChI is InChI=1S/C14H13ClO3/c15-10-5-7-11(8-6-10)18-9-14(17)12-3-1-2-4-13(12)16/h1-8,14,16-17H,9H2. The van der Waals surface area contributed by atoms with Crippen molar-refractivity contribution in [1.82, 2.24) is 0 Å². The van der Waals surface area contributed by atoms with Crippen LogP contribution in [0.2, 0.25) is 5.02 Å². The minimum Gasteiger partial charge on any atom is -0.508 e. The van der Waals surface area contributed by atoms with Gasteiger partial charge in [-0.1, -0.05) is 29.8 Å². The van der Waals surface area contributed by atoms with Crippen LogP contribution in [-0.4, -0.2) is 16.8 Å². The van der Waals surface area contributed by atoms with Crippen molar-refractivity contribution in [1.29, 1.82) is 0 Å². The zero-order valence-corrected chi connectivity index (χ0v) is 10.3.